The number of pyridine rings is 1. The number of aliphatic hydroxyl groups excluding tert-OH is 1. The minimum Gasteiger partial charge on any atom is -0.451 e. The number of alkyl halides is 3. The maximum absolute atomic E-state index is 13.5. The standard InChI is InChI=1S/C39H39Cl2F3N10O5/c1-2-30(55)49-26-17-27(33(32(26)56)59-36(57)39(42,43)44)54-20-46-31-34(45-18-25(21-9-5-3-6-10-21)22-11-7-4-8-12-22)51-37(52-35(31)54)53-14-13-23(19-53)47-38(58)48-24-15-28(40)50-29(41)16-24/h3-12,15-16,20,23,25-27,32-33,56H,2,13-14,17-19H2,1H3,(H,49,55)(H,45,51,52)(H2,47,48,50,58)/t23-,26+,27-,32-,33+/m1/s1. The second kappa shape index (κ2) is 17.6. The van der Waals surface area contributed by atoms with E-state index in [9.17, 15) is 32.7 Å². The lowest BCUT2D eigenvalue weighted by atomic mass is 9.91. The normalized spacial score (nSPS) is 20.5. The van der Waals surface area contributed by atoms with Gasteiger partial charge in [0.25, 0.3) is 0 Å². The van der Waals surface area contributed by atoms with Crippen LogP contribution in [-0.4, -0.2) is 97.6 Å². The van der Waals surface area contributed by atoms with Gasteiger partial charge in [0, 0.05) is 43.7 Å². The van der Waals surface area contributed by atoms with E-state index in [1.54, 1.807) is 6.92 Å². The van der Waals surface area contributed by atoms with Gasteiger partial charge in [-0.1, -0.05) is 90.8 Å². The van der Waals surface area contributed by atoms with Crippen LogP contribution in [0.2, 0.25) is 10.3 Å². The molecule has 1 saturated heterocycles. The summed E-state index contributed by atoms with van der Waals surface area (Å²) in [7, 11) is 0. The summed E-state index contributed by atoms with van der Waals surface area (Å²) >= 11 is 12.0. The smallest absolute Gasteiger partial charge is 0.451 e. The number of amides is 3. The van der Waals surface area contributed by atoms with Gasteiger partial charge in [-0.3, -0.25) is 4.79 Å². The molecule has 7 rings (SSSR count). The van der Waals surface area contributed by atoms with Crippen molar-refractivity contribution in [2.75, 3.05) is 35.2 Å². The Balaban J connectivity index is 1.23. The third kappa shape index (κ3) is 9.61. The Morgan fingerprint density at radius 2 is 1.63 bits per heavy atom. The van der Waals surface area contributed by atoms with Crippen molar-refractivity contribution in [1.29, 1.82) is 0 Å². The number of benzene rings is 2. The summed E-state index contributed by atoms with van der Waals surface area (Å²) < 4.78 is 46.9. The Bertz CT molecular complexity index is 2250. The molecule has 0 bridgehead atoms. The molecule has 5 aromatic rings. The first-order valence-corrected chi connectivity index (χ1v) is 19.5. The monoisotopic (exact) mass is 854 g/mol. The first-order chi connectivity index (χ1) is 28.3. The largest absolute Gasteiger partial charge is 0.490 e. The zero-order chi connectivity index (χ0) is 41.8. The van der Waals surface area contributed by atoms with E-state index in [1.807, 2.05) is 65.6 Å². The van der Waals surface area contributed by atoms with E-state index in [0.29, 0.717) is 31.0 Å². The Labute approximate surface area is 345 Å². The van der Waals surface area contributed by atoms with Crippen LogP contribution in [-0.2, 0) is 14.3 Å². The number of ether oxygens (including phenoxy) is 1. The number of carbonyl (C=O) groups is 3. The highest BCUT2D eigenvalue weighted by Crippen LogP contribution is 2.38. The van der Waals surface area contributed by atoms with Gasteiger partial charge in [-0.15, -0.1) is 0 Å². The highest BCUT2D eigenvalue weighted by Gasteiger charge is 2.51. The molecule has 3 aromatic heterocycles. The lowest BCUT2D eigenvalue weighted by molar-refractivity contribution is -0.209. The van der Waals surface area contributed by atoms with Crippen LogP contribution >= 0.6 is 23.2 Å². The fourth-order valence-corrected chi connectivity index (χ4v) is 7.87. The minimum absolute atomic E-state index is 0.0489. The molecule has 310 valence electrons. The number of hydrogen-bond acceptors (Lipinski definition) is 11. The molecular weight excluding hydrogens is 816 g/mol. The van der Waals surface area contributed by atoms with Crippen molar-refractivity contribution < 1.29 is 37.4 Å². The van der Waals surface area contributed by atoms with Gasteiger partial charge in [0.1, 0.15) is 16.4 Å². The Hall–Kier alpha value is -5.72. The minimum atomic E-state index is -5.35. The third-order valence-electron chi connectivity index (χ3n) is 10.2. The molecule has 5 N–H and O–H groups in total. The highest BCUT2D eigenvalue weighted by atomic mass is 35.5. The number of esters is 1. The van der Waals surface area contributed by atoms with Gasteiger partial charge in [0.2, 0.25) is 11.9 Å². The number of rotatable bonds is 12. The van der Waals surface area contributed by atoms with Crippen molar-refractivity contribution in [1.82, 2.24) is 35.1 Å². The summed E-state index contributed by atoms with van der Waals surface area (Å²) in [6, 6.07) is 19.5. The van der Waals surface area contributed by atoms with Crippen LogP contribution < -0.4 is 26.2 Å². The number of nitrogens with one attached hydrogen (secondary N) is 4. The molecule has 1 aliphatic carbocycles. The number of nitrogens with zero attached hydrogens (tertiary/aromatic N) is 6. The van der Waals surface area contributed by atoms with Gasteiger partial charge in [0.15, 0.2) is 23.1 Å². The van der Waals surface area contributed by atoms with E-state index in [1.165, 1.54) is 23.0 Å². The third-order valence-corrected chi connectivity index (χ3v) is 10.6. The number of aliphatic hydroxyl groups is 1. The number of fused-ring (bicyclic) bond motifs is 1. The van der Waals surface area contributed by atoms with E-state index in [0.717, 1.165) is 11.1 Å². The predicted octanol–water partition coefficient (Wildman–Crippen LogP) is 5.85. The lowest BCUT2D eigenvalue weighted by Gasteiger charge is -2.25. The van der Waals surface area contributed by atoms with E-state index < -0.39 is 48.4 Å². The summed E-state index contributed by atoms with van der Waals surface area (Å²) in [6.45, 7) is 2.62. The van der Waals surface area contributed by atoms with Crippen molar-refractivity contribution in [3.63, 3.8) is 0 Å². The van der Waals surface area contributed by atoms with Crippen molar-refractivity contribution in [2.24, 2.45) is 0 Å². The summed E-state index contributed by atoms with van der Waals surface area (Å²) in [5.74, 6) is -2.56. The first-order valence-electron chi connectivity index (χ1n) is 18.8. The molecule has 0 spiro atoms. The number of urea groups is 1. The zero-order valence-electron chi connectivity index (χ0n) is 31.4. The fraction of sp³-hybridized carbons (Fsp3) is 0.359. The second-order valence-electron chi connectivity index (χ2n) is 14.2. The van der Waals surface area contributed by atoms with E-state index in [4.69, 9.17) is 37.9 Å². The molecule has 2 aromatic carbocycles. The molecule has 0 radical (unpaired) electrons. The van der Waals surface area contributed by atoms with E-state index >= 15 is 0 Å². The second-order valence-corrected chi connectivity index (χ2v) is 14.9. The Morgan fingerprint density at radius 3 is 2.25 bits per heavy atom. The molecule has 15 nitrogen and oxygen atoms in total. The van der Waals surface area contributed by atoms with Gasteiger partial charge in [-0.2, -0.15) is 23.1 Å². The van der Waals surface area contributed by atoms with E-state index in [-0.39, 0.29) is 58.8 Å². The van der Waals surface area contributed by atoms with Crippen molar-refractivity contribution in [3.8, 4) is 0 Å². The molecule has 3 amide bonds. The maximum Gasteiger partial charge on any atom is 0.490 e. The molecule has 59 heavy (non-hydrogen) atoms. The van der Waals surface area contributed by atoms with Gasteiger partial charge >= 0.3 is 18.2 Å². The van der Waals surface area contributed by atoms with Crippen LogP contribution in [0, 0.1) is 0 Å². The quantitative estimate of drug-likeness (QED) is 0.0749. The zero-order valence-corrected chi connectivity index (χ0v) is 32.9. The van der Waals surface area contributed by atoms with Crippen LogP contribution in [0.4, 0.5) is 35.4 Å². The Morgan fingerprint density at radius 1 is 0.966 bits per heavy atom. The van der Waals surface area contributed by atoms with Crippen molar-refractivity contribution >= 4 is 69.7 Å². The van der Waals surface area contributed by atoms with Crippen molar-refractivity contribution in [3.05, 3.63) is 101 Å². The number of imidazole rings is 1. The molecule has 2 fully saturated rings. The summed E-state index contributed by atoms with van der Waals surface area (Å²) in [4.78, 5) is 57.5. The number of halogens is 5. The molecular formula is C39H39Cl2F3N10O5. The lowest BCUT2D eigenvalue weighted by Crippen LogP contribution is -2.45. The fourth-order valence-electron chi connectivity index (χ4n) is 7.41. The average Bonchev–Trinajstić information content (AvgIpc) is 3.92. The van der Waals surface area contributed by atoms with Gasteiger partial charge in [-0.25, -0.2) is 19.6 Å². The maximum atomic E-state index is 13.5. The van der Waals surface area contributed by atoms with Gasteiger partial charge in [0.05, 0.1) is 18.4 Å². The molecule has 20 heteroatoms. The van der Waals surface area contributed by atoms with Gasteiger partial charge in [-0.05, 0) is 36.1 Å². The molecule has 5 atom stereocenters. The van der Waals surface area contributed by atoms with Crippen LogP contribution in [0.25, 0.3) is 11.2 Å². The number of aromatic nitrogens is 5. The first kappa shape index (κ1) is 41.4. The molecule has 1 saturated carbocycles. The van der Waals surface area contributed by atoms with E-state index in [2.05, 4.69) is 31.2 Å². The molecule has 2 aliphatic rings. The van der Waals surface area contributed by atoms with Crippen molar-refractivity contribution in [2.45, 2.75) is 68.6 Å². The Kier molecular flexibility index (Phi) is 12.4. The van der Waals surface area contributed by atoms with Crippen LogP contribution in [0.1, 0.15) is 49.3 Å². The highest BCUT2D eigenvalue weighted by molar-refractivity contribution is 6.33. The molecule has 0 unspecified atom stereocenters. The molecule has 4 heterocycles. The van der Waals surface area contributed by atoms with Crippen LogP contribution in [0.5, 0.6) is 0 Å². The average molecular weight is 856 g/mol. The number of anilines is 3. The van der Waals surface area contributed by atoms with Crippen LogP contribution in [0.3, 0.4) is 0 Å². The van der Waals surface area contributed by atoms with Gasteiger partial charge < -0.3 is 40.6 Å². The summed E-state index contributed by atoms with van der Waals surface area (Å²) in [5, 5.41) is 23.1. The topological polar surface area (TPSA) is 189 Å². The number of hydrogen-bond donors (Lipinski definition) is 5. The summed E-state index contributed by atoms with van der Waals surface area (Å²) in [6.07, 6.45) is -6.99. The SMILES string of the molecule is CCC(=O)N[C@H]1C[C@@H](n2cnc3c(NCC(c4ccccc4)c4ccccc4)nc(N4CC[C@@H](NC(=O)Nc5cc(Cl)nc(Cl)c5)C4)nc32)[C@H](OC(=O)C(F)(F)F)[C@@H]1O. The van der Waals surface area contributed by atoms with Crippen LogP contribution in [0.15, 0.2) is 79.1 Å². The number of carbonyl (C=O) groups excluding carboxylic acids is 3. The summed E-state index contributed by atoms with van der Waals surface area (Å²) in [5.41, 5.74) is 2.83. The molecule has 1 aliphatic heterocycles. The predicted molar refractivity (Wildman–Crippen MR) is 213 cm³/mol.